The minimum Gasteiger partial charge on any atom is -0.348 e. The molecule has 1 heterocycles. The van der Waals surface area contributed by atoms with Gasteiger partial charge in [0.05, 0.1) is 6.20 Å². The first-order chi connectivity index (χ1) is 9.64. The molecule has 0 saturated heterocycles. The van der Waals surface area contributed by atoms with Crippen LogP contribution < -0.4 is 5.32 Å². The molecule has 1 atom stereocenters. The zero-order chi connectivity index (χ0) is 13.7. The highest BCUT2D eigenvalue weighted by molar-refractivity contribution is 7.07. The second kappa shape index (κ2) is 4.52. The monoisotopic (exact) mass is 291 g/mol. The lowest BCUT2D eigenvalue weighted by Crippen LogP contribution is -2.55. The molecular formula is C15H21N3OS. The van der Waals surface area contributed by atoms with E-state index < -0.39 is 0 Å². The Morgan fingerprint density at radius 1 is 1.30 bits per heavy atom. The number of amides is 1. The van der Waals surface area contributed by atoms with Crippen molar-refractivity contribution in [3.05, 3.63) is 11.1 Å². The lowest BCUT2D eigenvalue weighted by molar-refractivity contribution is -0.0687. The summed E-state index contributed by atoms with van der Waals surface area (Å²) in [6.07, 6.45) is 9.85. The van der Waals surface area contributed by atoms with Crippen LogP contribution in [0.15, 0.2) is 6.20 Å². The smallest absolute Gasteiger partial charge is 0.264 e. The third-order valence-electron chi connectivity index (χ3n) is 5.94. The molecule has 108 valence electrons. The van der Waals surface area contributed by atoms with Gasteiger partial charge in [-0.2, -0.15) is 0 Å². The molecule has 4 fully saturated rings. The Hall–Kier alpha value is -0.970. The van der Waals surface area contributed by atoms with Crippen molar-refractivity contribution in [1.29, 1.82) is 0 Å². The Balaban J connectivity index is 1.51. The Morgan fingerprint density at radius 2 is 1.90 bits per heavy atom. The van der Waals surface area contributed by atoms with Gasteiger partial charge in [0.2, 0.25) is 0 Å². The largest absolute Gasteiger partial charge is 0.348 e. The molecule has 1 aromatic rings. The van der Waals surface area contributed by atoms with E-state index in [1.807, 2.05) is 0 Å². The van der Waals surface area contributed by atoms with Gasteiger partial charge in [-0.25, -0.2) is 0 Å². The molecular weight excluding hydrogens is 270 g/mol. The molecule has 0 aromatic carbocycles. The molecule has 0 radical (unpaired) electrons. The highest BCUT2D eigenvalue weighted by atomic mass is 32.1. The third-order valence-corrected chi connectivity index (χ3v) is 6.60. The Kier molecular flexibility index (Phi) is 2.88. The second-order valence-electron chi connectivity index (χ2n) is 7.26. The van der Waals surface area contributed by atoms with Crippen LogP contribution in [-0.4, -0.2) is 21.5 Å². The van der Waals surface area contributed by atoms with Gasteiger partial charge in [0.15, 0.2) is 0 Å². The number of nitrogens with zero attached hydrogens (tertiary/aromatic N) is 2. The van der Waals surface area contributed by atoms with Crippen LogP contribution in [0.2, 0.25) is 0 Å². The molecule has 1 N–H and O–H groups in total. The Bertz CT molecular complexity index is 478. The van der Waals surface area contributed by atoms with Gasteiger partial charge in [-0.3, -0.25) is 4.79 Å². The fourth-order valence-electron chi connectivity index (χ4n) is 5.40. The van der Waals surface area contributed by atoms with Crippen LogP contribution in [0.25, 0.3) is 0 Å². The van der Waals surface area contributed by atoms with Crippen molar-refractivity contribution in [1.82, 2.24) is 14.9 Å². The topological polar surface area (TPSA) is 54.9 Å². The molecule has 1 aromatic heterocycles. The average Bonchev–Trinajstić information content (AvgIpc) is 2.90. The van der Waals surface area contributed by atoms with Gasteiger partial charge >= 0.3 is 0 Å². The van der Waals surface area contributed by atoms with Crippen molar-refractivity contribution in [3.63, 3.8) is 0 Å². The summed E-state index contributed by atoms with van der Waals surface area (Å²) in [7, 11) is 0. The summed E-state index contributed by atoms with van der Waals surface area (Å²) in [6, 6.07) is 0.269. The van der Waals surface area contributed by atoms with Crippen LogP contribution in [0.4, 0.5) is 0 Å². The van der Waals surface area contributed by atoms with Gasteiger partial charge < -0.3 is 5.32 Å². The first kappa shape index (κ1) is 12.7. The molecule has 5 heteroatoms. The third kappa shape index (κ3) is 1.98. The molecule has 0 aliphatic heterocycles. The Morgan fingerprint density at radius 3 is 2.40 bits per heavy atom. The van der Waals surface area contributed by atoms with Crippen molar-refractivity contribution in [3.8, 4) is 0 Å². The molecule has 4 nitrogen and oxygen atoms in total. The van der Waals surface area contributed by atoms with Gasteiger partial charge in [0.25, 0.3) is 5.91 Å². The quantitative estimate of drug-likeness (QED) is 0.931. The van der Waals surface area contributed by atoms with E-state index in [4.69, 9.17) is 0 Å². The minimum absolute atomic E-state index is 0.00301. The number of hydrogen-bond donors (Lipinski definition) is 1. The number of carbonyl (C=O) groups excluding carboxylic acids is 1. The maximum atomic E-state index is 12.2. The molecule has 4 saturated carbocycles. The normalized spacial score (nSPS) is 39.8. The van der Waals surface area contributed by atoms with Crippen LogP contribution in [0.3, 0.4) is 0 Å². The van der Waals surface area contributed by atoms with Gasteiger partial charge in [0, 0.05) is 6.04 Å². The van der Waals surface area contributed by atoms with E-state index in [9.17, 15) is 4.79 Å². The molecule has 4 aliphatic carbocycles. The first-order valence-corrected chi connectivity index (χ1v) is 8.50. The van der Waals surface area contributed by atoms with E-state index in [2.05, 4.69) is 21.8 Å². The summed E-state index contributed by atoms with van der Waals surface area (Å²) >= 11 is 1.18. The van der Waals surface area contributed by atoms with Gasteiger partial charge in [-0.15, -0.1) is 5.10 Å². The SMILES string of the molecule is CC(NC(=O)c1cnns1)C12CC3CC(CC(C3)C1)C2. The fourth-order valence-corrected chi connectivity index (χ4v) is 5.81. The summed E-state index contributed by atoms with van der Waals surface area (Å²) in [5.41, 5.74) is 0.364. The summed E-state index contributed by atoms with van der Waals surface area (Å²) in [5, 5.41) is 6.98. The number of aromatic nitrogens is 2. The van der Waals surface area contributed by atoms with E-state index in [1.165, 1.54) is 50.1 Å². The van der Waals surface area contributed by atoms with E-state index in [1.54, 1.807) is 6.20 Å². The molecule has 4 aliphatic rings. The molecule has 1 amide bonds. The Labute approximate surface area is 123 Å². The van der Waals surface area contributed by atoms with Crippen LogP contribution in [0, 0.1) is 23.2 Å². The predicted octanol–water partition coefficient (Wildman–Crippen LogP) is 2.87. The summed E-state index contributed by atoms with van der Waals surface area (Å²) in [4.78, 5) is 12.9. The zero-order valence-corrected chi connectivity index (χ0v) is 12.7. The number of hydrogen-bond acceptors (Lipinski definition) is 4. The van der Waals surface area contributed by atoms with Crippen molar-refractivity contribution in [2.75, 3.05) is 0 Å². The molecule has 4 bridgehead atoms. The maximum Gasteiger partial charge on any atom is 0.264 e. The lowest BCUT2D eigenvalue weighted by atomic mass is 9.48. The molecule has 20 heavy (non-hydrogen) atoms. The van der Waals surface area contributed by atoms with Crippen LogP contribution in [0.5, 0.6) is 0 Å². The fraction of sp³-hybridized carbons (Fsp3) is 0.800. The molecule has 0 spiro atoms. The van der Waals surface area contributed by atoms with Gasteiger partial charge in [-0.05, 0) is 80.1 Å². The summed E-state index contributed by atoms with van der Waals surface area (Å²) in [5.74, 6) is 2.77. The van der Waals surface area contributed by atoms with Crippen molar-refractivity contribution in [2.45, 2.75) is 51.5 Å². The highest BCUT2D eigenvalue weighted by Crippen LogP contribution is 2.61. The van der Waals surface area contributed by atoms with E-state index >= 15 is 0 Å². The number of rotatable bonds is 3. The van der Waals surface area contributed by atoms with Crippen LogP contribution in [-0.2, 0) is 0 Å². The molecule has 5 rings (SSSR count). The molecule has 1 unspecified atom stereocenters. The second-order valence-corrected chi connectivity index (χ2v) is 8.04. The minimum atomic E-state index is 0.00301. The zero-order valence-electron chi connectivity index (χ0n) is 11.8. The van der Waals surface area contributed by atoms with E-state index in [0.717, 1.165) is 17.8 Å². The van der Waals surface area contributed by atoms with Gasteiger partial charge in [-0.1, -0.05) is 4.49 Å². The lowest BCUT2D eigenvalue weighted by Gasteiger charge is -2.59. The highest BCUT2D eigenvalue weighted by Gasteiger charge is 2.53. The van der Waals surface area contributed by atoms with Gasteiger partial charge in [0.1, 0.15) is 4.88 Å². The van der Waals surface area contributed by atoms with E-state index in [0.29, 0.717) is 10.3 Å². The van der Waals surface area contributed by atoms with E-state index in [-0.39, 0.29) is 11.9 Å². The van der Waals surface area contributed by atoms with Crippen molar-refractivity contribution < 1.29 is 4.79 Å². The van der Waals surface area contributed by atoms with Crippen LogP contribution in [0.1, 0.15) is 55.1 Å². The van der Waals surface area contributed by atoms with Crippen molar-refractivity contribution in [2.24, 2.45) is 23.2 Å². The number of carbonyl (C=O) groups is 1. The maximum absolute atomic E-state index is 12.2. The van der Waals surface area contributed by atoms with Crippen LogP contribution >= 0.6 is 11.5 Å². The van der Waals surface area contributed by atoms with Crippen molar-refractivity contribution >= 4 is 17.4 Å². The predicted molar refractivity (Wildman–Crippen MR) is 77.4 cm³/mol. The summed E-state index contributed by atoms with van der Waals surface area (Å²) < 4.78 is 3.77. The standard InChI is InChI=1S/C15H21N3OS/c1-9(17-14(19)13-8-16-18-20-13)15-5-10-2-11(6-15)4-12(3-10)7-15/h8-12H,2-7H2,1H3,(H,17,19). The first-order valence-electron chi connectivity index (χ1n) is 7.73. The average molecular weight is 291 g/mol. The summed E-state index contributed by atoms with van der Waals surface area (Å²) in [6.45, 7) is 2.21. The number of nitrogens with one attached hydrogen (secondary N) is 1.